The molecule has 0 aliphatic carbocycles. The average molecular weight is 292 g/mol. The number of alkyl halides is 3. The third kappa shape index (κ3) is 5.08. The van der Waals surface area contributed by atoms with Crippen molar-refractivity contribution in [3.05, 3.63) is 29.6 Å². The first-order valence-corrected chi connectivity index (χ1v) is 4.48. The van der Waals surface area contributed by atoms with Crippen LogP contribution in [0.25, 0.3) is 0 Å². The predicted molar refractivity (Wildman–Crippen MR) is 64.1 cm³/mol. The second kappa shape index (κ2) is 7.71. The molecule has 0 bridgehead atoms. The molecule has 3 nitrogen and oxygen atoms in total. The normalized spacial score (nSPS) is 12.3. The Morgan fingerprint density at radius 1 is 1.35 bits per heavy atom. The number of nitrogens with two attached hydrogens (primary N) is 1. The van der Waals surface area contributed by atoms with E-state index in [1.807, 2.05) is 6.92 Å². The molecule has 3 N–H and O–H groups in total. The molecule has 0 saturated carbocycles. The van der Waals surface area contributed by atoms with Crippen LogP contribution in [0.3, 0.4) is 0 Å². The number of halogens is 5. The molecule has 0 aromatic carbocycles. The lowest BCUT2D eigenvalue weighted by atomic mass is 10.1. The minimum absolute atomic E-state index is 0. The van der Waals surface area contributed by atoms with Crippen molar-refractivity contribution in [1.29, 1.82) is 0 Å². The number of aromatic nitrogens is 1. The Labute approximate surface area is 110 Å². The van der Waals surface area contributed by atoms with Gasteiger partial charge in [-0.3, -0.25) is 16.3 Å². The number of hydrogen-bond donors (Lipinski definition) is 2. The summed E-state index contributed by atoms with van der Waals surface area (Å²) in [4.78, 5) is 3.72. The predicted octanol–water partition coefficient (Wildman–Crippen LogP) is 2.86. The molecule has 1 rings (SSSR count). The molecule has 1 unspecified atom stereocenters. The average Bonchev–Trinajstić information content (AvgIpc) is 2.19. The topological polar surface area (TPSA) is 50.9 Å². The maximum absolute atomic E-state index is 12.2. The quantitative estimate of drug-likeness (QED) is 0.665. The van der Waals surface area contributed by atoms with Gasteiger partial charge in [0.2, 0.25) is 0 Å². The Morgan fingerprint density at radius 2 is 1.94 bits per heavy atom. The molecule has 0 amide bonds. The molecule has 17 heavy (non-hydrogen) atoms. The SMILES string of the molecule is CCC(NN)c1ccc(C(F)(F)F)cn1.Cl.Cl. The zero-order valence-electron chi connectivity index (χ0n) is 8.99. The van der Waals surface area contributed by atoms with Gasteiger partial charge in [-0.1, -0.05) is 6.92 Å². The first-order valence-electron chi connectivity index (χ1n) is 4.48. The minimum Gasteiger partial charge on any atom is -0.271 e. The Bertz CT molecular complexity index is 312. The van der Waals surface area contributed by atoms with Crippen molar-refractivity contribution >= 4 is 24.8 Å². The number of nitrogens with zero attached hydrogens (tertiary/aromatic N) is 1. The Balaban J connectivity index is 0. The monoisotopic (exact) mass is 291 g/mol. The summed E-state index contributed by atoms with van der Waals surface area (Å²) < 4.78 is 36.6. The third-order valence-electron chi connectivity index (χ3n) is 2.08. The van der Waals surface area contributed by atoms with Crippen LogP contribution >= 0.6 is 24.8 Å². The molecule has 1 heterocycles. The van der Waals surface area contributed by atoms with Gasteiger partial charge >= 0.3 is 6.18 Å². The van der Waals surface area contributed by atoms with E-state index in [9.17, 15) is 13.2 Å². The molecule has 8 heteroatoms. The summed E-state index contributed by atoms with van der Waals surface area (Å²) in [6.45, 7) is 1.86. The highest BCUT2D eigenvalue weighted by Crippen LogP contribution is 2.29. The van der Waals surface area contributed by atoms with Crippen LogP contribution in [0.1, 0.15) is 30.6 Å². The fourth-order valence-corrected chi connectivity index (χ4v) is 1.19. The van der Waals surface area contributed by atoms with Gasteiger partial charge in [-0.2, -0.15) is 13.2 Å². The Kier molecular flexibility index (Phi) is 8.52. The van der Waals surface area contributed by atoms with Crippen molar-refractivity contribution in [3.63, 3.8) is 0 Å². The number of hydrazine groups is 1. The van der Waals surface area contributed by atoms with E-state index in [2.05, 4.69) is 10.4 Å². The van der Waals surface area contributed by atoms with Gasteiger partial charge in [0.25, 0.3) is 0 Å². The third-order valence-corrected chi connectivity index (χ3v) is 2.08. The number of rotatable bonds is 3. The highest BCUT2D eigenvalue weighted by atomic mass is 35.5. The Hall–Kier alpha value is -0.560. The lowest BCUT2D eigenvalue weighted by Crippen LogP contribution is -2.28. The highest BCUT2D eigenvalue weighted by molar-refractivity contribution is 5.85. The number of hydrogen-bond acceptors (Lipinski definition) is 3. The van der Waals surface area contributed by atoms with Crippen LogP contribution in [0, 0.1) is 0 Å². The van der Waals surface area contributed by atoms with Gasteiger partial charge in [0.05, 0.1) is 17.3 Å². The maximum Gasteiger partial charge on any atom is 0.417 e. The van der Waals surface area contributed by atoms with Gasteiger partial charge in [-0.25, -0.2) is 0 Å². The number of pyridine rings is 1. The molecular weight excluding hydrogens is 278 g/mol. The molecule has 1 aromatic rings. The standard InChI is InChI=1S/C9H12F3N3.2ClH/c1-2-7(15-13)8-4-3-6(5-14-8)9(10,11)12;;/h3-5,7,15H,2,13H2,1H3;2*1H. The van der Waals surface area contributed by atoms with Crippen LogP contribution in [0.2, 0.25) is 0 Å². The van der Waals surface area contributed by atoms with Gasteiger partial charge in [0, 0.05) is 6.20 Å². The van der Waals surface area contributed by atoms with Crippen molar-refractivity contribution in [2.45, 2.75) is 25.6 Å². The summed E-state index contributed by atoms with van der Waals surface area (Å²) in [6.07, 6.45) is -2.87. The summed E-state index contributed by atoms with van der Waals surface area (Å²) in [5.41, 5.74) is 2.24. The second-order valence-electron chi connectivity index (χ2n) is 3.10. The smallest absolute Gasteiger partial charge is 0.271 e. The fraction of sp³-hybridized carbons (Fsp3) is 0.444. The van der Waals surface area contributed by atoms with Crippen molar-refractivity contribution in [3.8, 4) is 0 Å². The first kappa shape index (κ1) is 18.8. The molecule has 0 aliphatic rings. The van der Waals surface area contributed by atoms with Crippen LogP contribution in [0.15, 0.2) is 18.3 Å². The summed E-state index contributed by atoms with van der Waals surface area (Å²) in [6, 6.07) is 2.12. The van der Waals surface area contributed by atoms with Gasteiger partial charge in [-0.05, 0) is 18.6 Å². The maximum atomic E-state index is 12.2. The summed E-state index contributed by atoms with van der Waals surface area (Å²) in [7, 11) is 0. The Morgan fingerprint density at radius 3 is 2.24 bits per heavy atom. The van der Waals surface area contributed by atoms with Crippen LogP contribution in [-0.4, -0.2) is 4.98 Å². The highest BCUT2D eigenvalue weighted by Gasteiger charge is 2.30. The van der Waals surface area contributed by atoms with Crippen LogP contribution in [0.5, 0.6) is 0 Å². The van der Waals surface area contributed by atoms with E-state index in [1.54, 1.807) is 0 Å². The van der Waals surface area contributed by atoms with E-state index < -0.39 is 11.7 Å². The van der Waals surface area contributed by atoms with Crippen LogP contribution < -0.4 is 11.3 Å². The van der Waals surface area contributed by atoms with E-state index in [0.29, 0.717) is 12.1 Å². The summed E-state index contributed by atoms with van der Waals surface area (Å²) in [5.74, 6) is 5.23. The molecule has 0 aliphatic heterocycles. The minimum atomic E-state index is -4.34. The van der Waals surface area contributed by atoms with E-state index in [-0.39, 0.29) is 30.9 Å². The molecule has 0 saturated heterocycles. The molecule has 100 valence electrons. The van der Waals surface area contributed by atoms with Crippen molar-refractivity contribution < 1.29 is 13.2 Å². The molecular formula is C9H14Cl2F3N3. The van der Waals surface area contributed by atoms with Gasteiger partial charge in [0.15, 0.2) is 0 Å². The number of nitrogens with one attached hydrogen (secondary N) is 1. The van der Waals surface area contributed by atoms with Crippen molar-refractivity contribution in [2.24, 2.45) is 5.84 Å². The molecule has 0 radical (unpaired) electrons. The summed E-state index contributed by atoms with van der Waals surface area (Å²) >= 11 is 0. The summed E-state index contributed by atoms with van der Waals surface area (Å²) in [5, 5.41) is 0. The molecule has 1 aromatic heterocycles. The van der Waals surface area contributed by atoms with E-state index in [4.69, 9.17) is 5.84 Å². The van der Waals surface area contributed by atoms with Crippen LogP contribution in [0.4, 0.5) is 13.2 Å². The fourth-order valence-electron chi connectivity index (χ4n) is 1.19. The van der Waals surface area contributed by atoms with Gasteiger partial charge in [0.1, 0.15) is 0 Å². The zero-order chi connectivity index (χ0) is 11.5. The van der Waals surface area contributed by atoms with Gasteiger partial charge < -0.3 is 0 Å². The lowest BCUT2D eigenvalue weighted by molar-refractivity contribution is -0.137. The molecule has 0 spiro atoms. The lowest BCUT2D eigenvalue weighted by Gasteiger charge is -2.13. The second-order valence-corrected chi connectivity index (χ2v) is 3.10. The molecule has 0 fully saturated rings. The largest absolute Gasteiger partial charge is 0.417 e. The van der Waals surface area contributed by atoms with Gasteiger partial charge in [-0.15, -0.1) is 24.8 Å². The van der Waals surface area contributed by atoms with E-state index in [0.717, 1.165) is 12.3 Å². The molecule has 1 atom stereocenters. The van der Waals surface area contributed by atoms with E-state index in [1.165, 1.54) is 6.07 Å². The van der Waals surface area contributed by atoms with E-state index >= 15 is 0 Å². The first-order chi connectivity index (χ1) is 6.99. The van der Waals surface area contributed by atoms with Crippen LogP contribution in [-0.2, 0) is 6.18 Å². The van der Waals surface area contributed by atoms with Crippen molar-refractivity contribution in [1.82, 2.24) is 10.4 Å². The zero-order valence-corrected chi connectivity index (χ0v) is 10.6. The van der Waals surface area contributed by atoms with Crippen molar-refractivity contribution in [2.75, 3.05) is 0 Å².